The molecule has 68 valence electrons. The van der Waals surface area contributed by atoms with Crippen molar-refractivity contribution in [2.75, 3.05) is 0 Å². The van der Waals surface area contributed by atoms with Gasteiger partial charge in [-0.25, -0.2) is 9.67 Å². The van der Waals surface area contributed by atoms with Gasteiger partial charge in [0.15, 0.2) is 0 Å². The van der Waals surface area contributed by atoms with E-state index in [0.717, 1.165) is 21.0 Å². The van der Waals surface area contributed by atoms with Crippen LogP contribution in [0.3, 0.4) is 0 Å². The fourth-order valence-electron chi connectivity index (χ4n) is 1.07. The van der Waals surface area contributed by atoms with E-state index < -0.39 is 0 Å². The van der Waals surface area contributed by atoms with Gasteiger partial charge in [-0.2, -0.15) is 9.47 Å². The summed E-state index contributed by atoms with van der Waals surface area (Å²) in [6.45, 7) is 3.94. The van der Waals surface area contributed by atoms with E-state index in [4.69, 9.17) is 0 Å². The minimum atomic E-state index is 0.798. The average molecular weight is 259 g/mol. The quantitative estimate of drug-likeness (QED) is 0.787. The zero-order chi connectivity index (χ0) is 9.42. The van der Waals surface area contributed by atoms with Crippen LogP contribution in [0.15, 0.2) is 10.8 Å². The van der Waals surface area contributed by atoms with Crippen molar-refractivity contribution in [2.45, 2.75) is 13.8 Å². The molecule has 0 aliphatic heterocycles. The number of hydrogen-bond donors (Lipinski definition) is 0. The molecule has 13 heavy (non-hydrogen) atoms. The fraction of sp³-hybridized carbons (Fsp3) is 0.286. The highest BCUT2D eigenvalue weighted by atomic mass is 79.9. The summed E-state index contributed by atoms with van der Waals surface area (Å²) in [6.07, 6.45) is 1.53. The smallest absolute Gasteiger partial charge is 0.208 e. The predicted molar refractivity (Wildman–Crippen MR) is 54.2 cm³/mol. The maximum Gasteiger partial charge on any atom is 0.230 e. The topological polar surface area (TPSA) is 43.6 Å². The van der Waals surface area contributed by atoms with E-state index in [2.05, 4.69) is 30.4 Å². The molecule has 2 heterocycles. The van der Waals surface area contributed by atoms with Crippen LogP contribution in [0.2, 0.25) is 0 Å². The van der Waals surface area contributed by atoms with Gasteiger partial charge in [0.1, 0.15) is 6.33 Å². The third kappa shape index (κ3) is 1.40. The summed E-state index contributed by atoms with van der Waals surface area (Å²) >= 11 is 4.79. The number of aryl methyl sites for hydroxylation is 1. The molecule has 2 aromatic rings. The monoisotopic (exact) mass is 258 g/mol. The molecule has 0 amide bonds. The van der Waals surface area contributed by atoms with Gasteiger partial charge in [0.2, 0.25) is 5.13 Å². The van der Waals surface area contributed by atoms with Crippen molar-refractivity contribution in [3.63, 3.8) is 0 Å². The third-order valence-corrected chi connectivity index (χ3v) is 3.52. The summed E-state index contributed by atoms with van der Waals surface area (Å²) in [5.74, 6) is 0. The minimum absolute atomic E-state index is 0.798. The van der Waals surface area contributed by atoms with Gasteiger partial charge in [-0.15, -0.1) is 0 Å². The summed E-state index contributed by atoms with van der Waals surface area (Å²) in [5, 5.41) is 5.13. The van der Waals surface area contributed by atoms with Gasteiger partial charge in [-0.05, 0) is 29.8 Å². The largest absolute Gasteiger partial charge is 0.230 e. The van der Waals surface area contributed by atoms with Gasteiger partial charge >= 0.3 is 0 Å². The molecule has 0 aliphatic rings. The van der Waals surface area contributed by atoms with Crippen LogP contribution in [0.1, 0.15) is 11.4 Å². The Morgan fingerprint density at radius 2 is 2.23 bits per heavy atom. The molecule has 2 rings (SSSR count). The summed E-state index contributed by atoms with van der Waals surface area (Å²) in [4.78, 5) is 4.09. The first-order valence-electron chi connectivity index (χ1n) is 3.69. The highest BCUT2D eigenvalue weighted by Crippen LogP contribution is 2.22. The van der Waals surface area contributed by atoms with E-state index in [0.29, 0.717) is 0 Å². The Bertz CT molecular complexity index is 420. The summed E-state index contributed by atoms with van der Waals surface area (Å²) < 4.78 is 6.75. The lowest BCUT2D eigenvalue weighted by Gasteiger charge is -1.95. The van der Waals surface area contributed by atoms with Crippen LogP contribution < -0.4 is 0 Å². The number of rotatable bonds is 1. The van der Waals surface area contributed by atoms with E-state index in [-0.39, 0.29) is 0 Å². The molecular formula is C7H7BrN4S. The minimum Gasteiger partial charge on any atom is -0.208 e. The van der Waals surface area contributed by atoms with E-state index in [1.54, 1.807) is 4.68 Å². The van der Waals surface area contributed by atoms with Crippen molar-refractivity contribution in [2.24, 2.45) is 0 Å². The molecule has 0 spiro atoms. The molecular weight excluding hydrogens is 252 g/mol. The van der Waals surface area contributed by atoms with Crippen molar-refractivity contribution in [3.05, 3.63) is 22.2 Å². The molecule has 6 heteroatoms. The lowest BCUT2D eigenvalue weighted by atomic mass is 10.4. The lowest BCUT2D eigenvalue weighted by molar-refractivity contribution is 0.824. The first-order valence-corrected chi connectivity index (χ1v) is 5.25. The molecule has 2 aromatic heterocycles. The van der Waals surface area contributed by atoms with Crippen LogP contribution in [-0.2, 0) is 0 Å². The van der Waals surface area contributed by atoms with Gasteiger partial charge in [-0.3, -0.25) is 0 Å². The zero-order valence-corrected chi connectivity index (χ0v) is 9.55. The van der Waals surface area contributed by atoms with Gasteiger partial charge in [0, 0.05) is 11.5 Å². The van der Waals surface area contributed by atoms with Crippen molar-refractivity contribution in [3.8, 4) is 5.13 Å². The second-order valence-electron chi connectivity index (χ2n) is 2.62. The first kappa shape index (κ1) is 8.83. The molecule has 0 bridgehead atoms. The van der Waals surface area contributed by atoms with Crippen molar-refractivity contribution < 1.29 is 0 Å². The highest BCUT2D eigenvalue weighted by Gasteiger charge is 2.11. The molecule has 0 aliphatic carbocycles. The van der Waals surface area contributed by atoms with Gasteiger partial charge < -0.3 is 0 Å². The molecule has 0 fully saturated rings. The van der Waals surface area contributed by atoms with Crippen LogP contribution in [-0.4, -0.2) is 19.1 Å². The molecule has 0 saturated heterocycles. The molecule has 4 nitrogen and oxygen atoms in total. The Hall–Kier alpha value is -0.750. The fourth-order valence-corrected chi connectivity index (χ4v) is 1.86. The average Bonchev–Trinajstić information content (AvgIpc) is 2.70. The molecule has 0 aromatic carbocycles. The summed E-state index contributed by atoms with van der Waals surface area (Å²) in [7, 11) is 0. The normalized spacial score (nSPS) is 10.7. The Morgan fingerprint density at radius 1 is 1.46 bits per heavy atom. The standard InChI is InChI=1S/C7H7BrN4S/c1-4-6(8)5(2)12(11-4)7-9-3-10-13-7/h3H,1-2H3. The van der Waals surface area contributed by atoms with E-state index in [9.17, 15) is 0 Å². The van der Waals surface area contributed by atoms with Crippen LogP contribution >= 0.6 is 27.5 Å². The lowest BCUT2D eigenvalue weighted by Crippen LogP contribution is -1.97. The Labute approximate surface area is 87.9 Å². The van der Waals surface area contributed by atoms with Crippen molar-refractivity contribution in [1.82, 2.24) is 19.1 Å². The first-order chi connectivity index (χ1) is 6.20. The van der Waals surface area contributed by atoms with E-state index >= 15 is 0 Å². The van der Waals surface area contributed by atoms with Gasteiger partial charge in [-0.1, -0.05) is 0 Å². The van der Waals surface area contributed by atoms with Crippen LogP contribution in [0.5, 0.6) is 0 Å². The molecule has 0 unspecified atom stereocenters. The Balaban J connectivity index is 2.59. The van der Waals surface area contributed by atoms with Crippen LogP contribution in [0, 0.1) is 13.8 Å². The molecule has 0 radical (unpaired) electrons. The van der Waals surface area contributed by atoms with Gasteiger partial charge in [0.05, 0.1) is 15.9 Å². The van der Waals surface area contributed by atoms with E-state index in [1.165, 1.54) is 17.9 Å². The van der Waals surface area contributed by atoms with Crippen LogP contribution in [0.4, 0.5) is 0 Å². The SMILES string of the molecule is Cc1nn(-c2ncns2)c(C)c1Br. The Kier molecular flexibility index (Phi) is 2.17. The number of aromatic nitrogens is 4. The zero-order valence-electron chi connectivity index (χ0n) is 7.15. The molecule has 0 atom stereocenters. The van der Waals surface area contributed by atoms with Crippen molar-refractivity contribution in [1.29, 1.82) is 0 Å². The van der Waals surface area contributed by atoms with E-state index in [1.807, 2.05) is 13.8 Å². The summed E-state index contributed by atoms with van der Waals surface area (Å²) in [6, 6.07) is 0. The number of nitrogens with zero attached hydrogens (tertiary/aromatic N) is 4. The molecule has 0 saturated carbocycles. The maximum atomic E-state index is 4.33. The maximum absolute atomic E-state index is 4.33. The summed E-state index contributed by atoms with van der Waals surface area (Å²) in [5.41, 5.74) is 2.02. The number of hydrogen-bond acceptors (Lipinski definition) is 4. The second kappa shape index (κ2) is 3.19. The van der Waals surface area contributed by atoms with Crippen LogP contribution in [0.25, 0.3) is 5.13 Å². The van der Waals surface area contributed by atoms with Crippen molar-refractivity contribution >= 4 is 27.5 Å². The third-order valence-electron chi connectivity index (χ3n) is 1.73. The number of halogens is 1. The Morgan fingerprint density at radius 3 is 2.69 bits per heavy atom. The molecule has 0 N–H and O–H groups in total. The second-order valence-corrected chi connectivity index (χ2v) is 4.17. The predicted octanol–water partition coefficient (Wildman–Crippen LogP) is 2.10. The van der Waals surface area contributed by atoms with Gasteiger partial charge in [0.25, 0.3) is 0 Å². The highest BCUT2D eigenvalue weighted by molar-refractivity contribution is 9.10.